The highest BCUT2D eigenvalue weighted by atomic mass is 32.2. The number of anilines is 2. The normalized spacial score (nSPS) is 17.7. The minimum absolute atomic E-state index is 0.0892. The number of nitrogens with two attached hydrogens (primary N) is 1. The van der Waals surface area contributed by atoms with E-state index < -0.39 is 23.5 Å². The quantitative estimate of drug-likeness (QED) is 0.225. The lowest BCUT2D eigenvalue weighted by atomic mass is 10.0. The van der Waals surface area contributed by atoms with Crippen LogP contribution in [0.25, 0.3) is 20.8 Å². The first-order valence-electron chi connectivity index (χ1n) is 12.9. The van der Waals surface area contributed by atoms with Crippen molar-refractivity contribution in [3.05, 3.63) is 30.0 Å². The summed E-state index contributed by atoms with van der Waals surface area (Å²) in [6, 6.07) is 10.6. The molecule has 4 N–H and O–H groups in total. The minimum Gasteiger partial charge on any atom is -0.383 e. The molecule has 1 aliphatic carbocycles. The van der Waals surface area contributed by atoms with Crippen molar-refractivity contribution in [3.63, 3.8) is 0 Å². The molecule has 3 atom stereocenters. The van der Waals surface area contributed by atoms with Crippen molar-refractivity contribution in [1.29, 1.82) is 0 Å². The molecule has 3 aromatic rings. The lowest BCUT2D eigenvalue weighted by Crippen LogP contribution is -2.24. The third kappa shape index (κ3) is 8.88. The molecule has 4 rings (SSSR count). The molecule has 0 aliphatic heterocycles. The topological polar surface area (TPSA) is 106 Å². The van der Waals surface area contributed by atoms with Gasteiger partial charge in [-0.1, -0.05) is 44.7 Å². The number of rotatable bonds is 8. The first kappa shape index (κ1) is 29.7. The fourth-order valence-electron chi connectivity index (χ4n) is 4.29. The maximum atomic E-state index is 12.9. The first-order valence-corrected chi connectivity index (χ1v) is 15.0. The van der Waals surface area contributed by atoms with Crippen molar-refractivity contribution in [2.24, 2.45) is 11.8 Å². The van der Waals surface area contributed by atoms with Crippen LogP contribution in [0.2, 0.25) is 0 Å². The summed E-state index contributed by atoms with van der Waals surface area (Å²) >= 11 is 1.49. The molecule has 2 heterocycles. The Morgan fingerprint density at radius 3 is 2.63 bits per heavy atom. The van der Waals surface area contributed by atoms with Crippen LogP contribution in [-0.4, -0.2) is 37.4 Å². The summed E-state index contributed by atoms with van der Waals surface area (Å²) < 4.78 is 40.6. The number of fused-ring (bicyclic) bond motifs is 1. The second-order valence-corrected chi connectivity index (χ2v) is 12.0. The summed E-state index contributed by atoms with van der Waals surface area (Å²) in [5.74, 6) is 2.68. The average Bonchev–Trinajstić information content (AvgIpc) is 3.49. The van der Waals surface area contributed by atoms with Crippen molar-refractivity contribution in [2.45, 2.75) is 65.7 Å². The second-order valence-electron chi connectivity index (χ2n) is 9.47. The Kier molecular flexibility index (Phi) is 10.8. The van der Waals surface area contributed by atoms with Gasteiger partial charge >= 0.3 is 0 Å². The van der Waals surface area contributed by atoms with Crippen LogP contribution in [0.15, 0.2) is 24.3 Å². The lowest BCUT2D eigenvalue weighted by molar-refractivity contribution is 0.0366. The number of aromatic nitrogens is 3. The van der Waals surface area contributed by atoms with E-state index in [-0.39, 0.29) is 11.8 Å². The number of benzene rings is 1. The van der Waals surface area contributed by atoms with Crippen LogP contribution in [0.1, 0.15) is 58.6 Å². The number of hydrogen-bond acceptors (Lipinski definition) is 7. The SMILES string of the molecule is CCC[C@H]1CCC(C#CNS(=O)CC)C1.Cc1nc(NCC(C)(F)F)nc(N)c1-c1nc2ccccc2s1. The molecule has 0 bridgehead atoms. The van der Waals surface area contributed by atoms with Gasteiger partial charge in [0.2, 0.25) is 5.95 Å². The van der Waals surface area contributed by atoms with E-state index in [9.17, 15) is 13.0 Å². The summed E-state index contributed by atoms with van der Waals surface area (Å²) in [6.45, 7) is 6.16. The predicted octanol–water partition coefficient (Wildman–Crippen LogP) is 6.15. The summed E-state index contributed by atoms with van der Waals surface area (Å²) in [5, 5.41) is 3.22. The average molecular weight is 563 g/mol. The van der Waals surface area contributed by atoms with E-state index in [1.807, 2.05) is 31.2 Å². The van der Waals surface area contributed by atoms with Gasteiger partial charge in [0.1, 0.15) is 21.8 Å². The van der Waals surface area contributed by atoms with Gasteiger partial charge in [0, 0.05) is 24.6 Å². The maximum absolute atomic E-state index is 12.9. The number of thiazole rings is 1. The second kappa shape index (κ2) is 13.8. The molecule has 0 amide bonds. The van der Waals surface area contributed by atoms with Crippen molar-refractivity contribution in [3.8, 4) is 22.5 Å². The van der Waals surface area contributed by atoms with E-state index in [2.05, 4.69) is 43.9 Å². The molecule has 1 saturated carbocycles. The van der Waals surface area contributed by atoms with Gasteiger partial charge in [-0.15, -0.1) is 11.3 Å². The number of nitrogen functional groups attached to an aromatic ring is 1. The zero-order chi connectivity index (χ0) is 27.7. The van der Waals surface area contributed by atoms with E-state index in [4.69, 9.17) is 5.73 Å². The molecule has 0 radical (unpaired) electrons. The molecule has 0 saturated heterocycles. The Labute approximate surface area is 230 Å². The molecule has 1 fully saturated rings. The van der Waals surface area contributed by atoms with Crippen LogP contribution >= 0.6 is 11.3 Å². The highest BCUT2D eigenvalue weighted by Gasteiger charge is 2.23. The molecule has 38 heavy (non-hydrogen) atoms. The molecule has 2 unspecified atom stereocenters. The third-order valence-electron chi connectivity index (χ3n) is 6.12. The highest BCUT2D eigenvalue weighted by Crippen LogP contribution is 2.35. The molecule has 1 aromatic carbocycles. The lowest BCUT2D eigenvalue weighted by Gasteiger charge is -2.13. The van der Waals surface area contributed by atoms with Gasteiger partial charge in [0.05, 0.1) is 28.0 Å². The summed E-state index contributed by atoms with van der Waals surface area (Å²) in [7, 11) is -0.963. The first-order chi connectivity index (χ1) is 18.1. The summed E-state index contributed by atoms with van der Waals surface area (Å²) in [4.78, 5) is 12.8. The Balaban J connectivity index is 0.000000232. The Hall–Kier alpha value is -2.84. The van der Waals surface area contributed by atoms with Crippen molar-refractivity contribution in [1.82, 2.24) is 19.7 Å². The van der Waals surface area contributed by atoms with Crippen LogP contribution < -0.4 is 15.8 Å². The van der Waals surface area contributed by atoms with Crippen molar-refractivity contribution < 1.29 is 13.0 Å². The predicted molar refractivity (Wildman–Crippen MR) is 154 cm³/mol. The number of aryl methyl sites for hydroxylation is 1. The van der Waals surface area contributed by atoms with E-state index in [0.29, 0.717) is 27.9 Å². The smallest absolute Gasteiger partial charge is 0.262 e. The molecular formula is C27H36F2N6OS2. The number of halogens is 2. The maximum Gasteiger partial charge on any atom is 0.262 e. The van der Waals surface area contributed by atoms with Crippen LogP contribution in [-0.2, 0) is 11.0 Å². The number of hydrogen-bond donors (Lipinski definition) is 3. The van der Waals surface area contributed by atoms with E-state index >= 15 is 0 Å². The fourth-order valence-corrected chi connectivity index (χ4v) is 5.68. The van der Waals surface area contributed by atoms with Gasteiger partial charge in [-0.05, 0) is 44.2 Å². The molecule has 0 spiro atoms. The van der Waals surface area contributed by atoms with Crippen molar-refractivity contribution >= 4 is 44.3 Å². The number of para-hydroxylation sites is 1. The Bertz CT molecular complexity index is 1240. The van der Waals surface area contributed by atoms with Gasteiger partial charge in [-0.2, -0.15) is 4.98 Å². The number of nitrogens with one attached hydrogen (secondary N) is 2. The summed E-state index contributed by atoms with van der Waals surface area (Å²) in [6.07, 6.45) is 6.40. The number of nitrogens with zero attached hydrogens (tertiary/aromatic N) is 3. The van der Waals surface area contributed by atoms with Gasteiger partial charge in [0.15, 0.2) is 0 Å². The fraction of sp³-hybridized carbons (Fsp3) is 0.519. The van der Waals surface area contributed by atoms with Crippen LogP contribution in [0.5, 0.6) is 0 Å². The van der Waals surface area contributed by atoms with Crippen LogP contribution in [0.4, 0.5) is 20.5 Å². The van der Waals surface area contributed by atoms with Gasteiger partial charge in [-0.3, -0.25) is 4.72 Å². The molecule has 7 nitrogen and oxygen atoms in total. The standard InChI is InChI=1S/C15H15F2N5S.C12H21NOS/c1-8-11(13-21-9-5-3-4-6-10(9)23-13)12(18)22-14(20-8)19-7-15(2,16)17;1-3-5-11-6-7-12(10-11)8-9-13-15(14)4-2/h3-6H,7H2,1-2H3,(H3,18,19,20,22);11-13H,3-7,10H2,1-2H3/t;11-,12?,15?/m.0/s1. The van der Waals surface area contributed by atoms with Crippen molar-refractivity contribution in [2.75, 3.05) is 23.3 Å². The van der Waals surface area contributed by atoms with E-state index in [1.54, 1.807) is 6.92 Å². The van der Waals surface area contributed by atoms with E-state index in [1.165, 1.54) is 43.4 Å². The molecule has 2 aromatic heterocycles. The molecule has 11 heteroatoms. The largest absolute Gasteiger partial charge is 0.383 e. The zero-order valence-corrected chi connectivity index (χ0v) is 23.9. The highest BCUT2D eigenvalue weighted by molar-refractivity contribution is 7.83. The van der Waals surface area contributed by atoms with Gasteiger partial charge < -0.3 is 11.1 Å². The van der Waals surface area contributed by atoms with Gasteiger partial charge in [-0.25, -0.2) is 23.0 Å². The Morgan fingerprint density at radius 2 is 1.97 bits per heavy atom. The monoisotopic (exact) mass is 562 g/mol. The zero-order valence-electron chi connectivity index (χ0n) is 22.3. The van der Waals surface area contributed by atoms with Crippen LogP contribution in [0.3, 0.4) is 0 Å². The minimum atomic E-state index is -2.85. The third-order valence-corrected chi connectivity index (χ3v) is 8.03. The molecule has 1 aliphatic rings. The van der Waals surface area contributed by atoms with E-state index in [0.717, 1.165) is 23.1 Å². The van der Waals surface area contributed by atoms with Gasteiger partial charge in [0.25, 0.3) is 5.92 Å². The summed E-state index contributed by atoms with van der Waals surface area (Å²) in [5.41, 5.74) is 8.11. The number of alkyl halides is 2. The Morgan fingerprint density at radius 1 is 1.21 bits per heavy atom. The molecule has 206 valence electrons. The molecular weight excluding hydrogens is 526 g/mol. The van der Waals surface area contributed by atoms with Crippen LogP contribution in [0, 0.1) is 30.7 Å².